The van der Waals surface area contributed by atoms with E-state index in [1.807, 2.05) is 11.3 Å². The summed E-state index contributed by atoms with van der Waals surface area (Å²) < 4.78 is 14.6. The van der Waals surface area contributed by atoms with Crippen LogP contribution in [0.25, 0.3) is 175 Å². The van der Waals surface area contributed by atoms with Crippen LogP contribution in [0.1, 0.15) is 0 Å². The first-order valence-corrected chi connectivity index (χ1v) is 39.8. The molecular formula is C108H70N4OS. The summed E-state index contributed by atoms with van der Waals surface area (Å²) in [5.74, 6) is 0. The molecule has 0 bridgehead atoms. The van der Waals surface area contributed by atoms with Gasteiger partial charge in [-0.15, -0.1) is 11.3 Å². The summed E-state index contributed by atoms with van der Waals surface area (Å²) >= 11 is 1.85. The van der Waals surface area contributed by atoms with Crippen molar-refractivity contribution in [2.45, 2.75) is 0 Å². The molecular weight excluding hydrogens is 1400 g/mol. The molecule has 0 radical (unpaired) electrons. The summed E-state index contributed by atoms with van der Waals surface area (Å²) in [5, 5.41) is 9.35. The molecule has 0 aliphatic heterocycles. The largest absolute Gasteiger partial charge is 0.455 e. The normalized spacial score (nSPS) is 11.7. The molecule has 0 N–H and O–H groups in total. The maximum Gasteiger partial charge on any atom is 0.143 e. The average molecular weight is 1470 g/mol. The van der Waals surface area contributed by atoms with Crippen LogP contribution in [0.3, 0.4) is 0 Å². The molecule has 0 atom stereocenters. The Labute approximate surface area is 663 Å². The van der Waals surface area contributed by atoms with E-state index < -0.39 is 0 Å². The van der Waals surface area contributed by atoms with Gasteiger partial charge in [0.25, 0.3) is 0 Å². The lowest BCUT2D eigenvalue weighted by Crippen LogP contribution is -2.12. The summed E-state index contributed by atoms with van der Waals surface area (Å²) in [7, 11) is 0. The van der Waals surface area contributed by atoms with E-state index in [-0.39, 0.29) is 0 Å². The molecule has 22 rings (SSSR count). The molecule has 0 saturated heterocycles. The molecule has 0 amide bonds. The van der Waals surface area contributed by atoms with Gasteiger partial charge in [0, 0.05) is 103 Å². The van der Waals surface area contributed by atoms with E-state index in [1.165, 1.54) is 58.5 Å². The molecule has 0 spiro atoms. The molecule has 4 heterocycles. The van der Waals surface area contributed by atoms with Gasteiger partial charge >= 0.3 is 0 Å². The number of hydrogen-bond donors (Lipinski definition) is 0. The fourth-order valence-corrected chi connectivity index (χ4v) is 18.9. The highest BCUT2D eigenvalue weighted by molar-refractivity contribution is 7.25. The van der Waals surface area contributed by atoms with Crippen molar-refractivity contribution in [3.05, 3.63) is 425 Å². The van der Waals surface area contributed by atoms with Gasteiger partial charge in [0.15, 0.2) is 0 Å². The van der Waals surface area contributed by atoms with Gasteiger partial charge in [0.2, 0.25) is 0 Å². The summed E-state index contributed by atoms with van der Waals surface area (Å²) in [5.41, 5.74) is 30.5. The minimum atomic E-state index is 0.813. The Kier molecular flexibility index (Phi) is 16.0. The van der Waals surface area contributed by atoms with Crippen molar-refractivity contribution in [1.29, 1.82) is 0 Å². The second kappa shape index (κ2) is 27.6. The number of fused-ring (bicyclic) bond motifs is 12. The lowest BCUT2D eigenvalue weighted by Gasteiger charge is -2.30. The van der Waals surface area contributed by atoms with E-state index >= 15 is 0 Å². The zero-order chi connectivity index (χ0) is 75.2. The fraction of sp³-hybridized carbons (Fsp3) is 0. The third-order valence-electron chi connectivity index (χ3n) is 23.0. The first-order valence-electron chi connectivity index (χ1n) is 38.9. The SMILES string of the molecule is c1ccc(-c2ccccc2-c2c(-c3ccccc3)cccc2N(c2ccc(-n3c4ccccc4c4ccccc43)cc2)c2ccc3oc4c(-c5ccc6c(c5)c5ccccc5n6-c5ccc(N(c6ccc7sc8ccccc8c7c6)c6cccc(-c7ccccc7)c6-c6ccccc6-c6ccccc6)cc5)cccc4c3c2)cc1. The maximum absolute atomic E-state index is 7.21. The third kappa shape index (κ3) is 11.1. The number of rotatable bonds is 15. The molecule has 6 heteroatoms. The van der Waals surface area contributed by atoms with Crippen LogP contribution in [0.4, 0.5) is 34.1 Å². The molecule has 0 aliphatic rings. The van der Waals surface area contributed by atoms with Gasteiger partial charge in [-0.2, -0.15) is 0 Å². The van der Waals surface area contributed by atoms with Crippen LogP contribution in [-0.2, 0) is 0 Å². The fourth-order valence-electron chi connectivity index (χ4n) is 17.9. The summed E-state index contributed by atoms with van der Waals surface area (Å²) in [4.78, 5) is 4.93. The van der Waals surface area contributed by atoms with E-state index in [0.29, 0.717) is 0 Å². The minimum absolute atomic E-state index is 0.813. The number of nitrogens with zero attached hydrogens (tertiary/aromatic N) is 4. The number of hydrogen-bond acceptors (Lipinski definition) is 4. The zero-order valence-corrected chi connectivity index (χ0v) is 62.8. The summed E-state index contributed by atoms with van der Waals surface area (Å²) in [6, 6.07) is 155. The highest BCUT2D eigenvalue weighted by Crippen LogP contribution is 2.53. The lowest BCUT2D eigenvalue weighted by molar-refractivity contribution is 0.670. The van der Waals surface area contributed by atoms with Crippen LogP contribution in [0.15, 0.2) is 429 Å². The van der Waals surface area contributed by atoms with Crippen LogP contribution in [0.2, 0.25) is 0 Å². The second-order valence-electron chi connectivity index (χ2n) is 29.4. The van der Waals surface area contributed by atoms with Crippen molar-refractivity contribution in [2.24, 2.45) is 0 Å². The monoisotopic (exact) mass is 1470 g/mol. The Bertz CT molecular complexity index is 7410. The Morgan fingerprint density at radius 1 is 0.211 bits per heavy atom. The van der Waals surface area contributed by atoms with Gasteiger partial charge < -0.3 is 23.4 Å². The number of para-hydroxylation sites is 4. The zero-order valence-electron chi connectivity index (χ0n) is 62.0. The van der Waals surface area contributed by atoms with E-state index in [2.05, 4.69) is 444 Å². The third-order valence-corrected chi connectivity index (χ3v) is 24.1. The van der Waals surface area contributed by atoms with Crippen LogP contribution >= 0.6 is 11.3 Å². The molecule has 18 aromatic carbocycles. The van der Waals surface area contributed by atoms with Crippen molar-refractivity contribution in [1.82, 2.24) is 9.13 Å². The van der Waals surface area contributed by atoms with Gasteiger partial charge in [-0.25, -0.2) is 0 Å². The maximum atomic E-state index is 7.21. The van der Waals surface area contributed by atoms with Crippen molar-refractivity contribution in [3.63, 3.8) is 0 Å². The lowest BCUT2D eigenvalue weighted by atomic mass is 9.87. The van der Waals surface area contributed by atoms with Crippen LogP contribution in [0, 0.1) is 0 Å². The van der Waals surface area contributed by atoms with Crippen LogP contribution in [0.5, 0.6) is 0 Å². The number of furan rings is 1. The van der Waals surface area contributed by atoms with E-state index in [0.717, 1.165) is 151 Å². The second-order valence-corrected chi connectivity index (χ2v) is 30.4. The summed E-state index contributed by atoms with van der Waals surface area (Å²) in [6.45, 7) is 0. The van der Waals surface area contributed by atoms with E-state index in [9.17, 15) is 0 Å². The first kappa shape index (κ1) is 66.2. The molecule has 22 aromatic rings. The highest BCUT2D eigenvalue weighted by atomic mass is 32.1. The van der Waals surface area contributed by atoms with Crippen molar-refractivity contribution < 1.29 is 4.42 Å². The first-order chi connectivity index (χ1) is 56.6. The predicted molar refractivity (Wildman–Crippen MR) is 483 cm³/mol. The van der Waals surface area contributed by atoms with Gasteiger partial charge in [0.1, 0.15) is 11.2 Å². The molecule has 4 aromatic heterocycles. The number of thiophene rings is 1. The Hall–Kier alpha value is -14.8. The smallest absolute Gasteiger partial charge is 0.143 e. The van der Waals surface area contributed by atoms with E-state index in [1.54, 1.807) is 0 Å². The predicted octanol–water partition coefficient (Wildman–Crippen LogP) is 30.8. The van der Waals surface area contributed by atoms with Crippen molar-refractivity contribution in [3.8, 4) is 89.3 Å². The Balaban J connectivity index is 0.679. The highest BCUT2D eigenvalue weighted by Gasteiger charge is 2.28. The molecule has 0 unspecified atom stereocenters. The van der Waals surface area contributed by atoms with Crippen molar-refractivity contribution in [2.75, 3.05) is 9.80 Å². The molecule has 114 heavy (non-hydrogen) atoms. The molecule has 5 nitrogen and oxygen atoms in total. The number of anilines is 6. The Morgan fingerprint density at radius 2 is 0.579 bits per heavy atom. The number of aromatic nitrogens is 2. The molecule has 0 aliphatic carbocycles. The molecule has 534 valence electrons. The van der Waals surface area contributed by atoms with Gasteiger partial charge in [-0.3, -0.25) is 0 Å². The average Bonchev–Trinajstić information content (AvgIpc) is 1.33. The van der Waals surface area contributed by atoms with Gasteiger partial charge in [0.05, 0.1) is 33.4 Å². The van der Waals surface area contributed by atoms with Crippen LogP contribution < -0.4 is 9.80 Å². The standard InChI is InChI=1S/C108H70N4OS/c1-5-28-71(29-6-1)82-36-13-15-42-91(82)106-84(73-32-9-3-10-33-73)44-26-51-101(106)109(76-55-59-78(60-56-76)111-97-48-21-17-38-87(97)88-39-18-22-49-98(88)111)80-63-66-103-95(69-80)93-47-25-46-86(108(93)113-103)75-54-65-100-94(68-75)89-40-19-23-50-99(89)112(100)79-61-57-77(58-62-79)110(81-64-67-105-96(70-81)90-41-20-24-53-104(90)114-105)102-52-27-45-85(74-34-11-4-12-35-74)107(102)92-43-16-14-37-83(92)72-30-7-2-8-31-72/h1-70H. The van der Waals surface area contributed by atoms with Crippen molar-refractivity contribution >= 4 is 131 Å². The van der Waals surface area contributed by atoms with Gasteiger partial charge in [-0.05, 0) is 195 Å². The van der Waals surface area contributed by atoms with Crippen LogP contribution in [-0.4, -0.2) is 9.13 Å². The number of benzene rings is 18. The summed E-state index contributed by atoms with van der Waals surface area (Å²) in [6.07, 6.45) is 0. The van der Waals surface area contributed by atoms with E-state index in [4.69, 9.17) is 4.42 Å². The topological polar surface area (TPSA) is 29.5 Å². The molecule has 0 fully saturated rings. The molecule has 0 saturated carbocycles. The van der Waals surface area contributed by atoms with Gasteiger partial charge in [-0.1, -0.05) is 291 Å². The Morgan fingerprint density at radius 3 is 1.10 bits per heavy atom. The minimum Gasteiger partial charge on any atom is -0.455 e. The quantitative estimate of drug-likeness (QED) is 0.102.